The SMILES string of the molecule is CC(C)c1ncc(N2CCOCC2C)c(CN)n1. The standard InChI is InChI=1S/C13H22N4O/c1-9(2)13-15-7-12(11(6-14)16-13)17-4-5-18-8-10(17)3/h7,9-10H,4-6,8,14H2,1-3H3. The van der Waals surface area contributed by atoms with Crippen molar-refractivity contribution in [2.75, 3.05) is 24.7 Å². The Hall–Kier alpha value is -1.20. The van der Waals surface area contributed by atoms with Crippen LogP contribution < -0.4 is 10.6 Å². The van der Waals surface area contributed by atoms with E-state index >= 15 is 0 Å². The van der Waals surface area contributed by atoms with E-state index in [0.29, 0.717) is 18.5 Å². The highest BCUT2D eigenvalue weighted by Gasteiger charge is 2.22. The van der Waals surface area contributed by atoms with Crippen LogP contribution in [0.3, 0.4) is 0 Å². The van der Waals surface area contributed by atoms with E-state index in [0.717, 1.165) is 37.0 Å². The second kappa shape index (κ2) is 5.63. The van der Waals surface area contributed by atoms with Gasteiger partial charge in [0.1, 0.15) is 5.82 Å². The zero-order valence-corrected chi connectivity index (χ0v) is 11.4. The maximum absolute atomic E-state index is 5.82. The van der Waals surface area contributed by atoms with Crippen LogP contribution in [0.4, 0.5) is 5.69 Å². The van der Waals surface area contributed by atoms with Crippen LogP contribution in [-0.2, 0) is 11.3 Å². The number of hydrogen-bond donors (Lipinski definition) is 1. The van der Waals surface area contributed by atoms with Crippen LogP contribution in [0.2, 0.25) is 0 Å². The molecule has 1 atom stereocenters. The molecule has 5 nitrogen and oxygen atoms in total. The summed E-state index contributed by atoms with van der Waals surface area (Å²) < 4.78 is 5.46. The van der Waals surface area contributed by atoms with Crippen LogP contribution in [-0.4, -0.2) is 35.8 Å². The van der Waals surface area contributed by atoms with E-state index in [9.17, 15) is 0 Å². The quantitative estimate of drug-likeness (QED) is 0.875. The van der Waals surface area contributed by atoms with Crippen molar-refractivity contribution in [3.05, 3.63) is 17.7 Å². The molecule has 2 heterocycles. The fraction of sp³-hybridized carbons (Fsp3) is 0.692. The Morgan fingerprint density at radius 2 is 2.33 bits per heavy atom. The molecule has 1 unspecified atom stereocenters. The third-order valence-corrected chi connectivity index (χ3v) is 3.25. The molecule has 100 valence electrons. The monoisotopic (exact) mass is 250 g/mol. The van der Waals surface area contributed by atoms with Gasteiger partial charge in [-0.25, -0.2) is 9.97 Å². The second-order valence-electron chi connectivity index (χ2n) is 5.04. The molecular weight excluding hydrogens is 228 g/mol. The van der Waals surface area contributed by atoms with E-state index in [-0.39, 0.29) is 0 Å². The third-order valence-electron chi connectivity index (χ3n) is 3.25. The number of aromatic nitrogens is 2. The fourth-order valence-corrected chi connectivity index (χ4v) is 2.18. The van der Waals surface area contributed by atoms with Gasteiger partial charge in [-0.15, -0.1) is 0 Å². The topological polar surface area (TPSA) is 64.3 Å². The number of nitrogens with two attached hydrogens (primary N) is 1. The summed E-state index contributed by atoms with van der Waals surface area (Å²) in [4.78, 5) is 11.3. The maximum Gasteiger partial charge on any atom is 0.131 e. The van der Waals surface area contributed by atoms with Crippen molar-refractivity contribution >= 4 is 5.69 Å². The van der Waals surface area contributed by atoms with Gasteiger partial charge < -0.3 is 15.4 Å². The average molecular weight is 250 g/mol. The molecule has 1 fully saturated rings. The lowest BCUT2D eigenvalue weighted by molar-refractivity contribution is 0.0988. The van der Waals surface area contributed by atoms with Crippen LogP contribution >= 0.6 is 0 Å². The summed E-state index contributed by atoms with van der Waals surface area (Å²) in [6.07, 6.45) is 1.91. The van der Waals surface area contributed by atoms with E-state index in [1.165, 1.54) is 0 Å². The molecule has 1 saturated heterocycles. The Labute approximate surface area is 108 Å². The molecule has 0 spiro atoms. The Morgan fingerprint density at radius 3 is 2.94 bits per heavy atom. The van der Waals surface area contributed by atoms with Crippen molar-refractivity contribution in [1.29, 1.82) is 0 Å². The number of anilines is 1. The number of nitrogens with zero attached hydrogens (tertiary/aromatic N) is 3. The van der Waals surface area contributed by atoms with Crippen molar-refractivity contribution in [1.82, 2.24) is 9.97 Å². The van der Waals surface area contributed by atoms with Crippen LogP contribution in [0.15, 0.2) is 6.20 Å². The first kappa shape index (κ1) is 13.2. The number of rotatable bonds is 3. The Bertz CT molecular complexity index is 408. The summed E-state index contributed by atoms with van der Waals surface area (Å²) in [5, 5.41) is 0. The van der Waals surface area contributed by atoms with Crippen molar-refractivity contribution in [3.63, 3.8) is 0 Å². The molecule has 18 heavy (non-hydrogen) atoms. The van der Waals surface area contributed by atoms with Gasteiger partial charge in [0.2, 0.25) is 0 Å². The van der Waals surface area contributed by atoms with Gasteiger partial charge in [-0.1, -0.05) is 13.8 Å². The normalized spacial score (nSPS) is 20.5. The molecule has 1 aromatic rings. The first-order valence-electron chi connectivity index (χ1n) is 6.53. The van der Waals surface area contributed by atoms with E-state index in [2.05, 4.69) is 35.6 Å². The van der Waals surface area contributed by atoms with Crippen molar-refractivity contribution in [2.45, 2.75) is 39.3 Å². The molecule has 0 amide bonds. The molecule has 2 N–H and O–H groups in total. The predicted octanol–water partition coefficient (Wildman–Crippen LogP) is 1.28. The fourth-order valence-electron chi connectivity index (χ4n) is 2.18. The second-order valence-corrected chi connectivity index (χ2v) is 5.04. The van der Waals surface area contributed by atoms with E-state index in [4.69, 9.17) is 10.5 Å². The molecular formula is C13H22N4O. The molecule has 1 aromatic heterocycles. The van der Waals surface area contributed by atoms with Gasteiger partial charge in [0.05, 0.1) is 30.8 Å². The van der Waals surface area contributed by atoms with Crippen LogP contribution in [0.5, 0.6) is 0 Å². The van der Waals surface area contributed by atoms with Crippen molar-refractivity contribution in [3.8, 4) is 0 Å². The van der Waals surface area contributed by atoms with Gasteiger partial charge >= 0.3 is 0 Å². The molecule has 5 heteroatoms. The summed E-state index contributed by atoms with van der Waals surface area (Å²) in [5.74, 6) is 1.19. The smallest absolute Gasteiger partial charge is 0.131 e. The molecule has 2 rings (SSSR count). The van der Waals surface area contributed by atoms with E-state index in [1.54, 1.807) is 0 Å². The molecule has 1 aliphatic heterocycles. The van der Waals surface area contributed by atoms with Gasteiger partial charge in [-0.3, -0.25) is 0 Å². The van der Waals surface area contributed by atoms with Gasteiger partial charge in [0.15, 0.2) is 0 Å². The van der Waals surface area contributed by atoms with E-state index < -0.39 is 0 Å². The first-order valence-corrected chi connectivity index (χ1v) is 6.53. The van der Waals surface area contributed by atoms with Gasteiger partial charge in [0, 0.05) is 25.0 Å². The summed E-state index contributed by atoms with van der Waals surface area (Å²) >= 11 is 0. The molecule has 0 aliphatic carbocycles. The minimum absolute atomic E-state index is 0.325. The Kier molecular flexibility index (Phi) is 4.14. The Morgan fingerprint density at radius 1 is 1.56 bits per heavy atom. The minimum atomic E-state index is 0.325. The highest BCUT2D eigenvalue weighted by Crippen LogP contribution is 2.23. The maximum atomic E-state index is 5.82. The molecule has 1 aliphatic rings. The summed E-state index contributed by atoms with van der Waals surface area (Å²) in [6, 6.07) is 0.345. The van der Waals surface area contributed by atoms with Gasteiger partial charge in [-0.05, 0) is 6.92 Å². The van der Waals surface area contributed by atoms with Gasteiger partial charge in [0.25, 0.3) is 0 Å². The third kappa shape index (κ3) is 2.62. The molecule has 0 aromatic carbocycles. The lowest BCUT2D eigenvalue weighted by atomic mass is 10.1. The summed E-state index contributed by atoms with van der Waals surface area (Å²) in [6.45, 7) is 9.14. The van der Waals surface area contributed by atoms with Crippen LogP contribution in [0, 0.1) is 0 Å². The molecule has 0 bridgehead atoms. The molecule has 0 radical (unpaired) electrons. The molecule has 0 saturated carbocycles. The van der Waals surface area contributed by atoms with Crippen LogP contribution in [0.25, 0.3) is 0 Å². The largest absolute Gasteiger partial charge is 0.377 e. The predicted molar refractivity (Wildman–Crippen MR) is 71.6 cm³/mol. The lowest BCUT2D eigenvalue weighted by Crippen LogP contribution is -2.44. The van der Waals surface area contributed by atoms with Crippen molar-refractivity contribution < 1.29 is 4.74 Å². The zero-order chi connectivity index (χ0) is 13.1. The van der Waals surface area contributed by atoms with E-state index in [1.807, 2.05) is 6.20 Å². The number of morpholine rings is 1. The number of ether oxygens (including phenoxy) is 1. The summed E-state index contributed by atoms with van der Waals surface area (Å²) in [5.41, 5.74) is 7.81. The first-order chi connectivity index (χ1) is 8.63. The average Bonchev–Trinajstić information content (AvgIpc) is 2.38. The zero-order valence-electron chi connectivity index (χ0n) is 11.4. The number of hydrogen-bond acceptors (Lipinski definition) is 5. The van der Waals surface area contributed by atoms with Crippen molar-refractivity contribution in [2.24, 2.45) is 5.73 Å². The summed E-state index contributed by atoms with van der Waals surface area (Å²) in [7, 11) is 0. The Balaban J connectivity index is 2.31. The lowest BCUT2D eigenvalue weighted by Gasteiger charge is -2.35. The highest BCUT2D eigenvalue weighted by molar-refractivity contribution is 5.50. The highest BCUT2D eigenvalue weighted by atomic mass is 16.5. The minimum Gasteiger partial charge on any atom is -0.377 e. The van der Waals surface area contributed by atoms with Gasteiger partial charge in [-0.2, -0.15) is 0 Å². The van der Waals surface area contributed by atoms with Crippen LogP contribution in [0.1, 0.15) is 38.2 Å².